The van der Waals surface area contributed by atoms with Crippen LogP contribution >= 0.6 is 11.3 Å². The van der Waals surface area contributed by atoms with Gasteiger partial charge in [-0.15, -0.1) is 11.3 Å². The Hall–Kier alpha value is -1.81. The van der Waals surface area contributed by atoms with Crippen LogP contribution in [0.25, 0.3) is 0 Å². The summed E-state index contributed by atoms with van der Waals surface area (Å²) in [5.74, 6) is -0.722. The number of ketones is 1. The summed E-state index contributed by atoms with van der Waals surface area (Å²) < 4.78 is 12.9. The normalized spacial score (nSPS) is 10.1. The van der Waals surface area contributed by atoms with Crippen LogP contribution in [0.2, 0.25) is 0 Å². The van der Waals surface area contributed by atoms with Crippen molar-refractivity contribution in [1.29, 1.82) is 0 Å². The predicted octanol–water partition coefficient (Wildman–Crippen LogP) is 2.93. The van der Waals surface area contributed by atoms with Crippen LogP contribution in [0.1, 0.15) is 25.6 Å². The van der Waals surface area contributed by atoms with Crippen molar-refractivity contribution < 1.29 is 14.0 Å². The Labute approximate surface area is 95.3 Å². The molecule has 2 nitrogen and oxygen atoms in total. The molecule has 0 aliphatic heterocycles. The Bertz CT molecular complexity index is 545. The van der Waals surface area contributed by atoms with Crippen molar-refractivity contribution in [2.75, 3.05) is 0 Å². The van der Waals surface area contributed by atoms with Crippen molar-refractivity contribution in [2.24, 2.45) is 0 Å². The van der Waals surface area contributed by atoms with Crippen LogP contribution in [0, 0.1) is 5.82 Å². The average molecular weight is 234 g/mol. The molecule has 4 heteroatoms. The second-order valence-electron chi connectivity index (χ2n) is 3.20. The van der Waals surface area contributed by atoms with Crippen molar-refractivity contribution in [3.63, 3.8) is 0 Å². The maximum Gasteiger partial charge on any atom is 0.193 e. The van der Waals surface area contributed by atoms with E-state index in [1.165, 1.54) is 35.6 Å². The molecule has 0 fully saturated rings. The Kier molecular flexibility index (Phi) is 2.92. The van der Waals surface area contributed by atoms with Crippen molar-refractivity contribution in [3.8, 4) is 0 Å². The lowest BCUT2D eigenvalue weighted by atomic mass is 10.1. The topological polar surface area (TPSA) is 34.1 Å². The number of aldehydes is 1. The highest BCUT2D eigenvalue weighted by Crippen LogP contribution is 2.17. The van der Waals surface area contributed by atoms with Gasteiger partial charge in [0, 0.05) is 16.5 Å². The molecule has 0 N–H and O–H groups in total. The molecular weight excluding hydrogens is 227 g/mol. The minimum Gasteiger partial charge on any atom is -0.297 e. The molecule has 0 saturated heterocycles. The third kappa shape index (κ3) is 2.06. The SMILES string of the molecule is O=Cc1cc(C(=O)c2cccc(F)c2)cs1. The predicted molar refractivity (Wildman–Crippen MR) is 59.5 cm³/mol. The van der Waals surface area contributed by atoms with Gasteiger partial charge in [-0.25, -0.2) is 4.39 Å². The number of carbonyl (C=O) groups excluding carboxylic acids is 2. The Morgan fingerprint density at radius 1 is 1.25 bits per heavy atom. The van der Waals surface area contributed by atoms with Crippen LogP contribution in [0.3, 0.4) is 0 Å². The minimum absolute atomic E-state index is 0.274. The van der Waals surface area contributed by atoms with Crippen LogP contribution in [0.15, 0.2) is 35.7 Å². The maximum absolute atomic E-state index is 12.9. The minimum atomic E-state index is -0.448. The van der Waals surface area contributed by atoms with Crippen LogP contribution in [-0.4, -0.2) is 12.1 Å². The quantitative estimate of drug-likeness (QED) is 0.604. The second-order valence-corrected chi connectivity index (χ2v) is 4.14. The molecule has 1 heterocycles. The lowest BCUT2D eigenvalue weighted by Crippen LogP contribution is -1.99. The van der Waals surface area contributed by atoms with E-state index in [1.54, 1.807) is 11.4 Å². The van der Waals surface area contributed by atoms with E-state index in [0.29, 0.717) is 16.7 Å². The molecule has 0 atom stereocenters. The molecular formula is C12H7FO2S. The number of hydrogen-bond acceptors (Lipinski definition) is 3. The summed E-state index contributed by atoms with van der Waals surface area (Å²) in [5, 5.41) is 1.59. The van der Waals surface area contributed by atoms with Gasteiger partial charge < -0.3 is 0 Å². The van der Waals surface area contributed by atoms with E-state index in [4.69, 9.17) is 0 Å². The van der Waals surface area contributed by atoms with Gasteiger partial charge in [0.25, 0.3) is 0 Å². The largest absolute Gasteiger partial charge is 0.297 e. The van der Waals surface area contributed by atoms with Gasteiger partial charge in [0.05, 0.1) is 4.88 Å². The molecule has 1 aromatic carbocycles. The van der Waals surface area contributed by atoms with Gasteiger partial charge in [-0.1, -0.05) is 12.1 Å². The van der Waals surface area contributed by atoms with Gasteiger partial charge >= 0.3 is 0 Å². The summed E-state index contributed by atoms with van der Waals surface area (Å²) in [6, 6.07) is 6.99. The first-order chi connectivity index (χ1) is 7.70. The van der Waals surface area contributed by atoms with Gasteiger partial charge in [-0.3, -0.25) is 9.59 Å². The smallest absolute Gasteiger partial charge is 0.193 e. The Balaban J connectivity index is 2.35. The third-order valence-electron chi connectivity index (χ3n) is 2.08. The number of hydrogen-bond donors (Lipinski definition) is 0. The standard InChI is InChI=1S/C12H7FO2S/c13-10-3-1-2-8(4-10)12(15)9-5-11(6-14)16-7-9/h1-7H. The van der Waals surface area contributed by atoms with Gasteiger partial charge in [-0.2, -0.15) is 0 Å². The van der Waals surface area contributed by atoms with Gasteiger partial charge in [0.1, 0.15) is 5.82 Å². The lowest BCUT2D eigenvalue weighted by molar-refractivity contribution is 0.103. The highest BCUT2D eigenvalue weighted by atomic mass is 32.1. The van der Waals surface area contributed by atoms with Crippen LogP contribution < -0.4 is 0 Å². The lowest BCUT2D eigenvalue weighted by Gasteiger charge is -1.97. The van der Waals surface area contributed by atoms with Crippen molar-refractivity contribution >= 4 is 23.4 Å². The van der Waals surface area contributed by atoms with Gasteiger partial charge in [0.15, 0.2) is 12.1 Å². The van der Waals surface area contributed by atoms with Crippen LogP contribution in [0.5, 0.6) is 0 Å². The fourth-order valence-corrected chi connectivity index (χ4v) is 2.02. The van der Waals surface area contributed by atoms with Crippen molar-refractivity contribution in [1.82, 2.24) is 0 Å². The number of thiophene rings is 1. The average Bonchev–Trinajstić information content (AvgIpc) is 2.76. The zero-order valence-electron chi connectivity index (χ0n) is 8.14. The molecule has 0 saturated carbocycles. The summed E-state index contributed by atoms with van der Waals surface area (Å²) in [4.78, 5) is 22.8. The summed E-state index contributed by atoms with van der Waals surface area (Å²) in [5.41, 5.74) is 0.702. The molecule has 2 rings (SSSR count). The molecule has 0 bridgehead atoms. The first-order valence-electron chi connectivity index (χ1n) is 4.54. The Morgan fingerprint density at radius 2 is 2.06 bits per heavy atom. The molecule has 0 spiro atoms. The molecule has 0 unspecified atom stereocenters. The molecule has 2 aromatic rings. The van der Waals surface area contributed by atoms with Gasteiger partial charge in [-0.05, 0) is 18.2 Å². The van der Waals surface area contributed by atoms with E-state index in [0.717, 1.165) is 0 Å². The molecule has 16 heavy (non-hydrogen) atoms. The summed E-state index contributed by atoms with van der Waals surface area (Å²) >= 11 is 1.19. The molecule has 1 aromatic heterocycles. The van der Waals surface area contributed by atoms with Gasteiger partial charge in [0.2, 0.25) is 0 Å². The number of carbonyl (C=O) groups is 2. The Morgan fingerprint density at radius 3 is 2.69 bits per heavy atom. The zero-order valence-corrected chi connectivity index (χ0v) is 8.96. The molecule has 80 valence electrons. The summed E-state index contributed by atoms with van der Waals surface area (Å²) in [6.45, 7) is 0. The van der Waals surface area contributed by atoms with E-state index in [9.17, 15) is 14.0 Å². The third-order valence-corrected chi connectivity index (χ3v) is 2.94. The first-order valence-corrected chi connectivity index (χ1v) is 5.42. The highest BCUT2D eigenvalue weighted by molar-refractivity contribution is 7.12. The fourth-order valence-electron chi connectivity index (χ4n) is 1.33. The van der Waals surface area contributed by atoms with E-state index >= 15 is 0 Å². The van der Waals surface area contributed by atoms with Crippen LogP contribution in [0.4, 0.5) is 4.39 Å². The van der Waals surface area contributed by atoms with E-state index in [-0.39, 0.29) is 11.3 Å². The van der Waals surface area contributed by atoms with E-state index < -0.39 is 5.82 Å². The molecule has 0 aliphatic carbocycles. The molecule has 0 amide bonds. The molecule has 0 radical (unpaired) electrons. The molecule has 0 aliphatic rings. The monoisotopic (exact) mass is 234 g/mol. The first kappa shape index (κ1) is 10.7. The summed E-state index contributed by atoms with van der Waals surface area (Å²) in [6.07, 6.45) is 0.688. The van der Waals surface area contributed by atoms with E-state index in [2.05, 4.69) is 0 Å². The van der Waals surface area contributed by atoms with Crippen molar-refractivity contribution in [3.05, 3.63) is 57.5 Å². The zero-order chi connectivity index (χ0) is 11.5. The maximum atomic E-state index is 12.9. The highest BCUT2D eigenvalue weighted by Gasteiger charge is 2.11. The van der Waals surface area contributed by atoms with E-state index in [1.807, 2.05) is 0 Å². The number of halogens is 1. The summed E-state index contributed by atoms with van der Waals surface area (Å²) in [7, 11) is 0. The van der Waals surface area contributed by atoms with Crippen LogP contribution in [-0.2, 0) is 0 Å². The second kappa shape index (κ2) is 4.37. The number of benzene rings is 1. The van der Waals surface area contributed by atoms with Crippen molar-refractivity contribution in [2.45, 2.75) is 0 Å². The fraction of sp³-hybridized carbons (Fsp3) is 0. The number of rotatable bonds is 3.